The third-order valence-corrected chi connectivity index (χ3v) is 4.42. The van der Waals surface area contributed by atoms with Crippen LogP contribution >= 0.6 is 0 Å². The number of carbonyl (C=O) groups excluding carboxylic acids is 3. The van der Waals surface area contributed by atoms with Gasteiger partial charge in [0.05, 0.1) is 0 Å². The number of carbonyl (C=O) groups is 4. The van der Waals surface area contributed by atoms with E-state index in [4.69, 9.17) is 9.84 Å². The molecule has 0 aliphatic carbocycles. The number of carboxylic acid groups (broad SMARTS) is 1. The van der Waals surface area contributed by atoms with Gasteiger partial charge in [0.1, 0.15) is 24.2 Å². The van der Waals surface area contributed by atoms with Crippen molar-refractivity contribution in [3.05, 3.63) is 0 Å². The maximum atomic E-state index is 13.0. The highest BCUT2D eigenvalue weighted by Crippen LogP contribution is 2.26. The molecule has 2 heterocycles. The lowest BCUT2D eigenvalue weighted by Crippen LogP contribution is -2.53. The van der Waals surface area contributed by atoms with Crippen LogP contribution in [0.25, 0.3) is 0 Å². The normalized spacial score (nSPS) is 23.0. The first-order valence-electron chi connectivity index (χ1n) is 8.90. The number of amides is 3. The van der Waals surface area contributed by atoms with Crippen LogP contribution in [0, 0.1) is 0 Å². The molecule has 2 atom stereocenters. The quantitative estimate of drug-likeness (QED) is 0.749. The van der Waals surface area contributed by atoms with Crippen molar-refractivity contribution >= 4 is 23.9 Å². The molecule has 2 fully saturated rings. The van der Waals surface area contributed by atoms with Crippen LogP contribution < -0.4 is 5.32 Å². The second kappa shape index (κ2) is 7.92. The lowest BCUT2D eigenvalue weighted by molar-refractivity contribution is -0.143. The van der Waals surface area contributed by atoms with E-state index in [0.717, 1.165) is 0 Å². The predicted octanol–water partition coefficient (Wildman–Crippen LogP) is 0.578. The summed E-state index contributed by atoms with van der Waals surface area (Å²) in [4.78, 5) is 51.1. The largest absolute Gasteiger partial charge is 0.480 e. The molecule has 0 spiro atoms. The number of ether oxygens (including phenoxy) is 1. The summed E-state index contributed by atoms with van der Waals surface area (Å²) in [6.07, 6.45) is 1.84. The molecule has 26 heavy (non-hydrogen) atoms. The summed E-state index contributed by atoms with van der Waals surface area (Å²) in [6, 6.07) is -1.33. The molecule has 0 aromatic heterocycles. The van der Waals surface area contributed by atoms with Crippen LogP contribution in [-0.2, 0) is 19.1 Å². The Bertz CT molecular complexity index is 586. The Morgan fingerprint density at radius 1 is 1.04 bits per heavy atom. The van der Waals surface area contributed by atoms with Crippen molar-refractivity contribution in [1.29, 1.82) is 0 Å². The molecule has 2 N–H and O–H groups in total. The molecule has 2 aliphatic rings. The zero-order valence-electron chi connectivity index (χ0n) is 15.5. The van der Waals surface area contributed by atoms with Crippen molar-refractivity contribution in [1.82, 2.24) is 15.1 Å². The minimum absolute atomic E-state index is 0.277. The van der Waals surface area contributed by atoms with Crippen molar-refractivity contribution in [2.24, 2.45) is 0 Å². The standard InChI is InChI=1S/C17H27N3O6/c1-17(2,3)26-16(25)20-9-5-7-12(20)15(24)19-8-4-6-11(19)14(23)18-10-13(21)22/h11-12H,4-10H2,1-3H3,(H,18,23)(H,21,22). The minimum atomic E-state index is -1.14. The van der Waals surface area contributed by atoms with Gasteiger partial charge in [0.2, 0.25) is 11.8 Å². The van der Waals surface area contributed by atoms with Gasteiger partial charge in [-0.1, -0.05) is 0 Å². The van der Waals surface area contributed by atoms with Gasteiger partial charge >= 0.3 is 12.1 Å². The maximum absolute atomic E-state index is 13.0. The Morgan fingerprint density at radius 3 is 2.19 bits per heavy atom. The molecule has 9 nitrogen and oxygen atoms in total. The van der Waals surface area contributed by atoms with Gasteiger partial charge in [-0.2, -0.15) is 0 Å². The summed E-state index contributed by atoms with van der Waals surface area (Å²) < 4.78 is 5.38. The van der Waals surface area contributed by atoms with E-state index < -0.39 is 42.2 Å². The third-order valence-electron chi connectivity index (χ3n) is 4.42. The molecular formula is C17H27N3O6. The van der Waals surface area contributed by atoms with Crippen LogP contribution in [-0.4, -0.2) is 76.1 Å². The third kappa shape index (κ3) is 4.86. The molecule has 0 aromatic carbocycles. The van der Waals surface area contributed by atoms with E-state index in [9.17, 15) is 19.2 Å². The highest BCUT2D eigenvalue weighted by Gasteiger charge is 2.43. The molecule has 0 radical (unpaired) electrons. The van der Waals surface area contributed by atoms with Crippen LogP contribution in [0.15, 0.2) is 0 Å². The molecule has 9 heteroatoms. The SMILES string of the molecule is CC(C)(C)OC(=O)N1CCCC1C(=O)N1CCCC1C(=O)NCC(=O)O. The van der Waals surface area contributed by atoms with Gasteiger partial charge in [-0.25, -0.2) is 4.79 Å². The molecule has 0 aromatic rings. The van der Waals surface area contributed by atoms with Gasteiger partial charge in [-0.15, -0.1) is 0 Å². The number of likely N-dealkylation sites (tertiary alicyclic amines) is 2. The highest BCUT2D eigenvalue weighted by molar-refractivity contribution is 5.93. The van der Waals surface area contributed by atoms with E-state index in [2.05, 4.69) is 5.32 Å². The zero-order chi connectivity index (χ0) is 19.5. The fourth-order valence-electron chi connectivity index (χ4n) is 3.34. The highest BCUT2D eigenvalue weighted by atomic mass is 16.6. The first kappa shape index (κ1) is 20.0. The molecule has 3 amide bonds. The van der Waals surface area contributed by atoms with Gasteiger partial charge in [-0.05, 0) is 46.5 Å². The number of nitrogens with one attached hydrogen (secondary N) is 1. The average molecular weight is 369 g/mol. The molecule has 2 saturated heterocycles. The lowest BCUT2D eigenvalue weighted by Gasteiger charge is -2.32. The van der Waals surface area contributed by atoms with Crippen LogP contribution in [0.4, 0.5) is 4.79 Å². The van der Waals surface area contributed by atoms with E-state index >= 15 is 0 Å². The van der Waals surface area contributed by atoms with Crippen molar-refractivity contribution < 1.29 is 29.0 Å². The monoisotopic (exact) mass is 369 g/mol. The number of hydrogen-bond donors (Lipinski definition) is 2. The van der Waals surface area contributed by atoms with Crippen molar-refractivity contribution in [3.8, 4) is 0 Å². The van der Waals surface area contributed by atoms with Crippen molar-refractivity contribution in [2.75, 3.05) is 19.6 Å². The Labute approximate surface area is 152 Å². The molecule has 2 rings (SSSR count). The van der Waals surface area contributed by atoms with Gasteiger partial charge in [0.25, 0.3) is 0 Å². The van der Waals surface area contributed by atoms with Crippen molar-refractivity contribution in [2.45, 2.75) is 64.1 Å². The molecule has 146 valence electrons. The number of carboxylic acids is 1. The van der Waals surface area contributed by atoms with Crippen LogP contribution in [0.1, 0.15) is 46.5 Å². The summed E-state index contributed by atoms with van der Waals surface area (Å²) in [5.74, 6) is -1.89. The van der Waals surface area contributed by atoms with E-state index in [1.807, 2.05) is 0 Å². The van der Waals surface area contributed by atoms with Crippen LogP contribution in [0.2, 0.25) is 0 Å². The second-order valence-corrected chi connectivity index (χ2v) is 7.63. The number of rotatable bonds is 4. The summed E-state index contributed by atoms with van der Waals surface area (Å²) in [7, 11) is 0. The summed E-state index contributed by atoms with van der Waals surface area (Å²) >= 11 is 0. The summed E-state index contributed by atoms with van der Waals surface area (Å²) in [5, 5.41) is 11.0. The Balaban J connectivity index is 2.04. The van der Waals surface area contributed by atoms with E-state index in [0.29, 0.717) is 38.8 Å². The topological polar surface area (TPSA) is 116 Å². The van der Waals surface area contributed by atoms with Crippen LogP contribution in [0.5, 0.6) is 0 Å². The second-order valence-electron chi connectivity index (χ2n) is 7.63. The fourth-order valence-corrected chi connectivity index (χ4v) is 3.34. The number of nitrogens with zero attached hydrogens (tertiary/aromatic N) is 2. The smallest absolute Gasteiger partial charge is 0.410 e. The Kier molecular flexibility index (Phi) is 6.09. The molecule has 0 saturated carbocycles. The van der Waals surface area contributed by atoms with Crippen molar-refractivity contribution in [3.63, 3.8) is 0 Å². The average Bonchev–Trinajstić information content (AvgIpc) is 3.19. The Morgan fingerprint density at radius 2 is 1.62 bits per heavy atom. The van der Waals surface area contributed by atoms with Gasteiger partial charge in [0, 0.05) is 13.1 Å². The number of hydrogen-bond acceptors (Lipinski definition) is 5. The lowest BCUT2D eigenvalue weighted by atomic mass is 10.1. The minimum Gasteiger partial charge on any atom is -0.480 e. The number of aliphatic carboxylic acids is 1. The summed E-state index contributed by atoms with van der Waals surface area (Å²) in [5.41, 5.74) is -0.653. The Hall–Kier alpha value is -2.32. The van der Waals surface area contributed by atoms with Gasteiger partial charge in [-0.3, -0.25) is 19.3 Å². The van der Waals surface area contributed by atoms with E-state index in [1.54, 1.807) is 20.8 Å². The summed E-state index contributed by atoms with van der Waals surface area (Å²) in [6.45, 7) is 5.67. The van der Waals surface area contributed by atoms with E-state index in [1.165, 1.54) is 9.80 Å². The zero-order valence-corrected chi connectivity index (χ0v) is 15.5. The van der Waals surface area contributed by atoms with E-state index in [-0.39, 0.29) is 5.91 Å². The molecule has 2 unspecified atom stereocenters. The predicted molar refractivity (Wildman–Crippen MR) is 91.3 cm³/mol. The molecular weight excluding hydrogens is 342 g/mol. The molecule has 0 bridgehead atoms. The van der Waals surface area contributed by atoms with Crippen LogP contribution in [0.3, 0.4) is 0 Å². The fraction of sp³-hybridized carbons (Fsp3) is 0.765. The maximum Gasteiger partial charge on any atom is 0.410 e. The molecule has 2 aliphatic heterocycles. The van der Waals surface area contributed by atoms with Gasteiger partial charge in [0.15, 0.2) is 0 Å². The van der Waals surface area contributed by atoms with Gasteiger partial charge < -0.3 is 20.1 Å². The first-order chi connectivity index (χ1) is 12.1. The first-order valence-corrected chi connectivity index (χ1v) is 8.90.